The second-order valence-corrected chi connectivity index (χ2v) is 3.50. The predicted molar refractivity (Wildman–Crippen MR) is 40.5 cm³/mol. The van der Waals surface area contributed by atoms with E-state index in [2.05, 4.69) is 26.1 Å². The summed E-state index contributed by atoms with van der Waals surface area (Å²) in [6, 6.07) is 1.55. The summed E-state index contributed by atoms with van der Waals surface area (Å²) in [5.41, 5.74) is 0. The zero-order valence-electron chi connectivity index (χ0n) is 6.65. The molecule has 1 heteroatoms. The van der Waals surface area contributed by atoms with Gasteiger partial charge in [0.2, 0.25) is 0 Å². The van der Waals surface area contributed by atoms with Gasteiger partial charge < -0.3 is 5.32 Å². The maximum Gasteiger partial charge on any atom is 0.00931 e. The van der Waals surface area contributed by atoms with Crippen molar-refractivity contribution in [2.45, 2.75) is 45.7 Å². The summed E-state index contributed by atoms with van der Waals surface area (Å²) in [5.74, 6) is 0.815. The lowest BCUT2D eigenvalue weighted by atomic mass is 10.0. The lowest BCUT2D eigenvalue weighted by molar-refractivity contribution is 0.436. The molecule has 2 atom stereocenters. The Hall–Kier alpha value is -0.0400. The fourth-order valence-corrected chi connectivity index (χ4v) is 1.49. The average Bonchev–Trinajstić information content (AvgIpc) is 2.14. The van der Waals surface area contributed by atoms with Crippen LogP contribution in [0.4, 0.5) is 0 Å². The molecule has 0 unspecified atom stereocenters. The van der Waals surface area contributed by atoms with Crippen molar-refractivity contribution in [2.75, 3.05) is 0 Å². The van der Waals surface area contributed by atoms with Crippen LogP contribution < -0.4 is 5.32 Å². The van der Waals surface area contributed by atoms with Crippen LogP contribution in [-0.2, 0) is 0 Å². The highest BCUT2D eigenvalue weighted by molar-refractivity contribution is 4.82. The Bertz CT molecular complexity index is 88.6. The molecule has 0 bridgehead atoms. The maximum atomic E-state index is 3.55. The molecule has 1 heterocycles. The van der Waals surface area contributed by atoms with Gasteiger partial charge in [-0.25, -0.2) is 0 Å². The first-order valence-electron chi connectivity index (χ1n) is 3.96. The molecule has 0 amide bonds. The van der Waals surface area contributed by atoms with E-state index in [9.17, 15) is 0 Å². The minimum Gasteiger partial charge on any atom is -0.311 e. The lowest BCUT2D eigenvalue weighted by Gasteiger charge is -2.14. The summed E-state index contributed by atoms with van der Waals surface area (Å²) in [7, 11) is 0. The summed E-state index contributed by atoms with van der Waals surface area (Å²) in [5, 5.41) is 3.55. The fourth-order valence-electron chi connectivity index (χ4n) is 1.49. The van der Waals surface area contributed by atoms with E-state index in [0.29, 0.717) is 0 Å². The van der Waals surface area contributed by atoms with E-state index >= 15 is 0 Å². The van der Waals surface area contributed by atoms with Gasteiger partial charge in [-0.1, -0.05) is 13.8 Å². The highest BCUT2D eigenvalue weighted by Gasteiger charge is 2.21. The normalized spacial score (nSPS) is 36.0. The van der Waals surface area contributed by atoms with Gasteiger partial charge in [-0.15, -0.1) is 0 Å². The third kappa shape index (κ3) is 1.68. The van der Waals surface area contributed by atoms with Crippen molar-refractivity contribution >= 4 is 0 Å². The third-order valence-corrected chi connectivity index (χ3v) is 2.21. The summed E-state index contributed by atoms with van der Waals surface area (Å²) in [4.78, 5) is 0. The topological polar surface area (TPSA) is 12.0 Å². The molecule has 0 aliphatic carbocycles. The molecular weight excluding hydrogens is 110 g/mol. The maximum absolute atomic E-state index is 3.55. The van der Waals surface area contributed by atoms with E-state index in [1.807, 2.05) is 0 Å². The molecule has 0 radical (unpaired) electrons. The third-order valence-electron chi connectivity index (χ3n) is 2.21. The van der Waals surface area contributed by atoms with Gasteiger partial charge >= 0.3 is 0 Å². The van der Waals surface area contributed by atoms with Crippen LogP contribution in [0.5, 0.6) is 0 Å². The van der Waals surface area contributed by atoms with Crippen molar-refractivity contribution in [3.63, 3.8) is 0 Å². The Morgan fingerprint density at radius 3 is 2.22 bits per heavy atom. The number of hydrogen-bond acceptors (Lipinski definition) is 1. The second kappa shape index (κ2) is 2.70. The molecule has 54 valence electrons. The molecule has 1 saturated heterocycles. The van der Waals surface area contributed by atoms with E-state index in [1.165, 1.54) is 12.8 Å². The van der Waals surface area contributed by atoms with Crippen molar-refractivity contribution in [1.82, 2.24) is 5.32 Å². The van der Waals surface area contributed by atoms with Gasteiger partial charge in [-0.3, -0.25) is 0 Å². The van der Waals surface area contributed by atoms with Crippen molar-refractivity contribution in [1.29, 1.82) is 0 Å². The zero-order valence-corrected chi connectivity index (χ0v) is 6.65. The van der Waals surface area contributed by atoms with E-state index < -0.39 is 0 Å². The van der Waals surface area contributed by atoms with Crippen LogP contribution in [0, 0.1) is 5.92 Å². The summed E-state index contributed by atoms with van der Waals surface area (Å²) in [6.07, 6.45) is 2.74. The summed E-state index contributed by atoms with van der Waals surface area (Å²) >= 11 is 0. The SMILES string of the molecule is CC(C)[C@H]1CC[C@@H](C)N1. The first kappa shape index (κ1) is 7.07. The second-order valence-electron chi connectivity index (χ2n) is 3.50. The molecule has 0 saturated carbocycles. The van der Waals surface area contributed by atoms with Crippen LogP contribution >= 0.6 is 0 Å². The standard InChI is InChI=1S/C8H17N/c1-6(2)8-5-4-7(3)9-8/h6-9H,4-5H2,1-3H3/t7-,8-/m1/s1. The van der Waals surface area contributed by atoms with Crippen molar-refractivity contribution in [3.8, 4) is 0 Å². The fraction of sp³-hybridized carbons (Fsp3) is 1.00. The van der Waals surface area contributed by atoms with E-state index in [0.717, 1.165) is 18.0 Å². The van der Waals surface area contributed by atoms with E-state index in [4.69, 9.17) is 0 Å². The van der Waals surface area contributed by atoms with Crippen LogP contribution in [-0.4, -0.2) is 12.1 Å². The van der Waals surface area contributed by atoms with Crippen molar-refractivity contribution < 1.29 is 0 Å². The van der Waals surface area contributed by atoms with E-state index in [1.54, 1.807) is 0 Å². The Morgan fingerprint density at radius 1 is 1.33 bits per heavy atom. The minimum absolute atomic E-state index is 0.761. The van der Waals surface area contributed by atoms with Gasteiger partial charge in [0.1, 0.15) is 0 Å². The number of nitrogens with one attached hydrogen (secondary N) is 1. The first-order valence-corrected chi connectivity index (χ1v) is 3.96. The average molecular weight is 127 g/mol. The Labute approximate surface area is 57.8 Å². The first-order chi connectivity index (χ1) is 4.20. The minimum atomic E-state index is 0.761. The van der Waals surface area contributed by atoms with Crippen LogP contribution in [0.3, 0.4) is 0 Å². The molecule has 1 aliphatic heterocycles. The van der Waals surface area contributed by atoms with Crippen LogP contribution in [0.1, 0.15) is 33.6 Å². The summed E-state index contributed by atoms with van der Waals surface area (Å²) < 4.78 is 0. The molecule has 0 aromatic carbocycles. The van der Waals surface area contributed by atoms with Crippen molar-refractivity contribution in [3.05, 3.63) is 0 Å². The Balaban J connectivity index is 2.30. The quantitative estimate of drug-likeness (QED) is 0.566. The van der Waals surface area contributed by atoms with Gasteiger partial charge in [0.05, 0.1) is 0 Å². The van der Waals surface area contributed by atoms with E-state index in [-0.39, 0.29) is 0 Å². The molecule has 0 aromatic heterocycles. The largest absolute Gasteiger partial charge is 0.311 e. The highest BCUT2D eigenvalue weighted by atomic mass is 15.0. The molecule has 0 aromatic rings. The van der Waals surface area contributed by atoms with Crippen LogP contribution in [0.15, 0.2) is 0 Å². The smallest absolute Gasteiger partial charge is 0.00931 e. The molecule has 9 heavy (non-hydrogen) atoms. The van der Waals surface area contributed by atoms with Gasteiger partial charge in [0.15, 0.2) is 0 Å². The highest BCUT2D eigenvalue weighted by Crippen LogP contribution is 2.17. The van der Waals surface area contributed by atoms with Crippen LogP contribution in [0.2, 0.25) is 0 Å². The molecule has 1 N–H and O–H groups in total. The molecule has 1 nitrogen and oxygen atoms in total. The van der Waals surface area contributed by atoms with Gasteiger partial charge in [0, 0.05) is 12.1 Å². The Morgan fingerprint density at radius 2 is 2.00 bits per heavy atom. The molecule has 1 rings (SSSR count). The van der Waals surface area contributed by atoms with Gasteiger partial charge in [-0.05, 0) is 25.7 Å². The number of rotatable bonds is 1. The molecular formula is C8H17N. The molecule has 1 fully saturated rings. The van der Waals surface area contributed by atoms with Gasteiger partial charge in [0.25, 0.3) is 0 Å². The lowest BCUT2D eigenvalue weighted by Crippen LogP contribution is -2.31. The van der Waals surface area contributed by atoms with Gasteiger partial charge in [-0.2, -0.15) is 0 Å². The summed E-state index contributed by atoms with van der Waals surface area (Å²) in [6.45, 7) is 6.84. The van der Waals surface area contributed by atoms with Crippen molar-refractivity contribution in [2.24, 2.45) is 5.92 Å². The molecule has 1 aliphatic rings. The molecule has 0 spiro atoms. The monoisotopic (exact) mass is 127 g/mol. The Kier molecular flexibility index (Phi) is 2.12. The zero-order chi connectivity index (χ0) is 6.85. The number of hydrogen-bond donors (Lipinski definition) is 1. The van der Waals surface area contributed by atoms with Crippen LogP contribution in [0.25, 0.3) is 0 Å². The predicted octanol–water partition coefficient (Wildman–Crippen LogP) is 1.78.